The second-order valence-electron chi connectivity index (χ2n) is 3.83. The molecule has 1 aromatic carbocycles. The fourth-order valence-corrected chi connectivity index (χ4v) is 2.58. The summed E-state index contributed by atoms with van der Waals surface area (Å²) in [5.74, 6) is 0.346. The first kappa shape index (κ1) is 11.9. The Morgan fingerprint density at radius 2 is 2.24 bits per heavy atom. The highest BCUT2D eigenvalue weighted by Crippen LogP contribution is 2.31. The maximum absolute atomic E-state index is 11.8. The van der Waals surface area contributed by atoms with Crippen LogP contribution in [0, 0.1) is 12.3 Å². The molecule has 1 aliphatic heterocycles. The lowest BCUT2D eigenvalue weighted by Crippen LogP contribution is -2.29. The highest BCUT2D eigenvalue weighted by atomic mass is 32.2. The van der Waals surface area contributed by atoms with Crippen LogP contribution in [0.25, 0.3) is 6.08 Å². The summed E-state index contributed by atoms with van der Waals surface area (Å²) < 4.78 is 0. The predicted octanol–water partition coefficient (Wildman–Crippen LogP) is 3.04. The van der Waals surface area contributed by atoms with Crippen molar-refractivity contribution in [3.05, 3.63) is 35.4 Å². The molecule has 1 heterocycles. The Labute approximate surface area is 105 Å². The number of hydrogen-bond acceptors (Lipinski definition) is 3. The summed E-state index contributed by atoms with van der Waals surface area (Å²) in [4.78, 5) is 13.3. The van der Waals surface area contributed by atoms with Gasteiger partial charge < -0.3 is 0 Å². The van der Waals surface area contributed by atoms with Crippen molar-refractivity contribution in [2.24, 2.45) is 0 Å². The number of hydrogen-bond donors (Lipinski definition) is 1. The second kappa shape index (κ2) is 4.75. The van der Waals surface area contributed by atoms with Crippen LogP contribution < -0.4 is 4.90 Å². The Kier molecular flexibility index (Phi) is 3.33. The SMILES string of the molecule is C/C=C\c1c(C)cccc1N1C(=N)SCC1=O. The Bertz CT molecular complexity index is 492. The third kappa shape index (κ3) is 2.13. The van der Waals surface area contributed by atoms with Gasteiger partial charge in [0.05, 0.1) is 11.4 Å². The zero-order valence-corrected chi connectivity index (χ0v) is 10.7. The van der Waals surface area contributed by atoms with Crippen molar-refractivity contribution in [2.75, 3.05) is 10.7 Å². The van der Waals surface area contributed by atoms with Gasteiger partial charge in [0.2, 0.25) is 5.91 Å². The van der Waals surface area contributed by atoms with E-state index >= 15 is 0 Å². The average molecular weight is 246 g/mol. The van der Waals surface area contributed by atoms with Gasteiger partial charge in [0.1, 0.15) is 0 Å². The minimum Gasteiger partial charge on any atom is -0.278 e. The van der Waals surface area contributed by atoms with Crippen molar-refractivity contribution in [1.29, 1.82) is 5.41 Å². The first-order valence-electron chi connectivity index (χ1n) is 5.41. The molecule has 1 fully saturated rings. The summed E-state index contributed by atoms with van der Waals surface area (Å²) in [7, 11) is 0. The minimum atomic E-state index is -0.0173. The molecule has 0 radical (unpaired) electrons. The van der Waals surface area contributed by atoms with E-state index in [4.69, 9.17) is 5.41 Å². The van der Waals surface area contributed by atoms with E-state index in [1.54, 1.807) is 0 Å². The molecular weight excluding hydrogens is 232 g/mol. The molecule has 17 heavy (non-hydrogen) atoms. The van der Waals surface area contributed by atoms with Crippen LogP contribution in [-0.2, 0) is 4.79 Å². The molecule has 0 aromatic heterocycles. The maximum Gasteiger partial charge on any atom is 0.243 e. The van der Waals surface area contributed by atoms with E-state index in [0.29, 0.717) is 10.9 Å². The van der Waals surface area contributed by atoms with Crippen LogP contribution in [0.5, 0.6) is 0 Å². The molecule has 1 amide bonds. The van der Waals surface area contributed by atoms with Gasteiger partial charge in [-0.25, -0.2) is 0 Å². The van der Waals surface area contributed by atoms with Gasteiger partial charge in [-0.3, -0.25) is 15.1 Å². The molecular formula is C13H14N2OS. The van der Waals surface area contributed by atoms with Gasteiger partial charge in [-0.05, 0) is 25.5 Å². The monoisotopic (exact) mass is 246 g/mol. The van der Waals surface area contributed by atoms with Crippen molar-refractivity contribution < 1.29 is 4.79 Å². The van der Waals surface area contributed by atoms with Crippen molar-refractivity contribution >= 4 is 34.6 Å². The maximum atomic E-state index is 11.8. The first-order valence-corrected chi connectivity index (χ1v) is 6.40. The van der Waals surface area contributed by atoms with Crippen molar-refractivity contribution in [3.8, 4) is 0 Å². The lowest BCUT2D eigenvalue weighted by molar-refractivity contribution is -0.115. The molecule has 0 aliphatic carbocycles. The van der Waals surface area contributed by atoms with E-state index in [1.807, 2.05) is 44.2 Å². The molecule has 1 N–H and O–H groups in total. The average Bonchev–Trinajstić information content (AvgIpc) is 2.62. The number of amidine groups is 1. The number of benzene rings is 1. The summed E-state index contributed by atoms with van der Waals surface area (Å²) in [5, 5.41) is 8.13. The Balaban J connectivity index is 2.55. The van der Waals surface area contributed by atoms with Crippen LogP contribution in [0.1, 0.15) is 18.1 Å². The molecule has 4 heteroatoms. The highest BCUT2D eigenvalue weighted by Gasteiger charge is 2.29. The Morgan fingerprint density at radius 3 is 2.82 bits per heavy atom. The number of aryl methyl sites for hydroxylation is 1. The fraction of sp³-hybridized carbons (Fsp3) is 0.231. The predicted molar refractivity (Wildman–Crippen MR) is 73.6 cm³/mol. The number of amides is 1. The largest absolute Gasteiger partial charge is 0.278 e. The van der Waals surface area contributed by atoms with Crippen LogP contribution in [0.3, 0.4) is 0 Å². The Hall–Kier alpha value is -1.55. The normalized spacial score (nSPS) is 16.2. The number of nitrogens with zero attached hydrogens (tertiary/aromatic N) is 1. The zero-order chi connectivity index (χ0) is 12.4. The standard InChI is InChI=1S/C13H14N2OS/c1-3-5-10-9(2)6-4-7-11(10)15-12(16)8-17-13(15)14/h3-7,14H,8H2,1-2H3/b5-3-,14-13?. The highest BCUT2D eigenvalue weighted by molar-refractivity contribution is 8.15. The minimum absolute atomic E-state index is 0.0173. The number of carbonyl (C=O) groups excluding carboxylic acids is 1. The fourth-order valence-electron chi connectivity index (χ4n) is 1.86. The third-order valence-electron chi connectivity index (χ3n) is 2.66. The van der Waals surface area contributed by atoms with Crippen molar-refractivity contribution in [3.63, 3.8) is 0 Å². The van der Waals surface area contributed by atoms with Gasteiger partial charge >= 0.3 is 0 Å². The van der Waals surface area contributed by atoms with E-state index in [0.717, 1.165) is 16.8 Å². The number of nitrogens with one attached hydrogen (secondary N) is 1. The molecule has 1 aliphatic rings. The molecule has 0 saturated carbocycles. The number of allylic oxidation sites excluding steroid dienone is 1. The summed E-state index contributed by atoms with van der Waals surface area (Å²) in [5.41, 5.74) is 2.93. The van der Waals surface area contributed by atoms with Crippen LogP contribution in [0.2, 0.25) is 0 Å². The smallest absolute Gasteiger partial charge is 0.243 e. The number of anilines is 1. The molecule has 0 atom stereocenters. The molecule has 3 nitrogen and oxygen atoms in total. The molecule has 0 unspecified atom stereocenters. The number of rotatable bonds is 2. The molecule has 1 saturated heterocycles. The molecule has 0 spiro atoms. The van der Waals surface area contributed by atoms with Gasteiger partial charge in [0.15, 0.2) is 5.17 Å². The topological polar surface area (TPSA) is 44.2 Å². The van der Waals surface area contributed by atoms with Gasteiger partial charge in [-0.15, -0.1) is 0 Å². The zero-order valence-electron chi connectivity index (χ0n) is 9.86. The lowest BCUT2D eigenvalue weighted by atomic mass is 10.1. The van der Waals surface area contributed by atoms with E-state index in [1.165, 1.54) is 16.7 Å². The summed E-state index contributed by atoms with van der Waals surface area (Å²) in [6, 6.07) is 5.82. The number of carbonyl (C=O) groups is 1. The van der Waals surface area contributed by atoms with E-state index in [2.05, 4.69) is 0 Å². The second-order valence-corrected chi connectivity index (χ2v) is 4.79. The Morgan fingerprint density at radius 1 is 1.47 bits per heavy atom. The third-order valence-corrected chi connectivity index (χ3v) is 3.51. The van der Waals surface area contributed by atoms with Crippen molar-refractivity contribution in [2.45, 2.75) is 13.8 Å². The molecule has 0 bridgehead atoms. The van der Waals surface area contributed by atoms with E-state index in [9.17, 15) is 4.79 Å². The lowest BCUT2D eigenvalue weighted by Gasteiger charge is -2.18. The van der Waals surface area contributed by atoms with Gasteiger partial charge in [-0.2, -0.15) is 0 Å². The summed E-state index contributed by atoms with van der Waals surface area (Å²) >= 11 is 1.28. The van der Waals surface area contributed by atoms with Gasteiger partial charge in [0, 0.05) is 5.56 Å². The van der Waals surface area contributed by atoms with Crippen molar-refractivity contribution in [1.82, 2.24) is 0 Å². The van der Waals surface area contributed by atoms with Crippen LogP contribution in [-0.4, -0.2) is 16.8 Å². The van der Waals surface area contributed by atoms with E-state index < -0.39 is 0 Å². The molecule has 1 aromatic rings. The molecule has 88 valence electrons. The van der Waals surface area contributed by atoms with E-state index in [-0.39, 0.29) is 5.91 Å². The number of thioether (sulfide) groups is 1. The first-order chi connectivity index (χ1) is 8.15. The van der Waals surface area contributed by atoms with Crippen LogP contribution in [0.4, 0.5) is 5.69 Å². The summed E-state index contributed by atoms with van der Waals surface area (Å²) in [6.07, 6.45) is 3.93. The van der Waals surface area contributed by atoms with Gasteiger partial charge in [0.25, 0.3) is 0 Å². The molecule has 2 rings (SSSR count). The van der Waals surface area contributed by atoms with Crippen LogP contribution >= 0.6 is 11.8 Å². The van der Waals surface area contributed by atoms with Gasteiger partial charge in [-0.1, -0.05) is 36.0 Å². The quantitative estimate of drug-likeness (QED) is 0.871. The summed E-state index contributed by atoms with van der Waals surface area (Å²) in [6.45, 7) is 3.96. The van der Waals surface area contributed by atoms with Crippen LogP contribution in [0.15, 0.2) is 24.3 Å².